The summed E-state index contributed by atoms with van der Waals surface area (Å²) in [6.07, 6.45) is 5.68. The van der Waals surface area contributed by atoms with E-state index < -0.39 is 4.92 Å². The van der Waals surface area contributed by atoms with Crippen LogP contribution in [0.1, 0.15) is 38.1 Å². The Labute approximate surface area is 202 Å². The third kappa shape index (κ3) is 5.22. The molecule has 9 nitrogen and oxygen atoms in total. The van der Waals surface area contributed by atoms with E-state index in [9.17, 15) is 14.9 Å². The van der Waals surface area contributed by atoms with Gasteiger partial charge in [0.15, 0.2) is 11.0 Å². The zero-order chi connectivity index (χ0) is 24.1. The predicted octanol–water partition coefficient (Wildman–Crippen LogP) is 5.12. The van der Waals surface area contributed by atoms with Crippen molar-refractivity contribution in [2.24, 2.45) is 0 Å². The van der Waals surface area contributed by atoms with E-state index in [1.807, 2.05) is 24.3 Å². The number of hydrogen-bond acceptors (Lipinski definition) is 7. The monoisotopic (exact) mass is 481 g/mol. The molecule has 34 heavy (non-hydrogen) atoms. The molecule has 1 fully saturated rings. The Kier molecular flexibility index (Phi) is 7.46. The summed E-state index contributed by atoms with van der Waals surface area (Å²) in [4.78, 5) is 24.8. The van der Waals surface area contributed by atoms with Crippen LogP contribution in [0.5, 0.6) is 5.75 Å². The minimum Gasteiger partial charge on any atom is -0.497 e. The van der Waals surface area contributed by atoms with E-state index in [4.69, 9.17) is 4.74 Å². The molecule has 1 aliphatic rings. The fourth-order valence-electron chi connectivity index (χ4n) is 4.15. The highest BCUT2D eigenvalue weighted by Crippen LogP contribution is 2.36. The standard InChI is InChI=1S/C24H27N5O4S/c1-27(18-10-12-20(13-11-18)29(31)32)22(30)16-34-24-26-25-23(17-8-14-21(33-2)15-9-17)28(24)19-6-4-3-5-7-19/h8-15,19H,3-7,16H2,1-2H3. The van der Waals surface area contributed by atoms with Gasteiger partial charge in [0.2, 0.25) is 5.91 Å². The van der Waals surface area contributed by atoms with Gasteiger partial charge >= 0.3 is 0 Å². The van der Waals surface area contributed by atoms with Crippen molar-refractivity contribution in [2.45, 2.75) is 43.3 Å². The van der Waals surface area contributed by atoms with Crippen molar-refractivity contribution in [1.29, 1.82) is 0 Å². The summed E-state index contributed by atoms with van der Waals surface area (Å²) in [5.74, 6) is 1.64. The van der Waals surface area contributed by atoms with Gasteiger partial charge in [-0.3, -0.25) is 19.5 Å². The lowest BCUT2D eigenvalue weighted by molar-refractivity contribution is -0.384. The lowest BCUT2D eigenvalue weighted by Crippen LogP contribution is -2.28. The molecule has 0 bridgehead atoms. The second-order valence-corrected chi connectivity index (χ2v) is 9.15. The van der Waals surface area contributed by atoms with Crippen molar-refractivity contribution in [3.8, 4) is 17.1 Å². The number of nitro benzene ring substituents is 1. The van der Waals surface area contributed by atoms with E-state index in [0.717, 1.165) is 48.0 Å². The minimum atomic E-state index is -0.458. The van der Waals surface area contributed by atoms with Crippen LogP contribution >= 0.6 is 11.8 Å². The van der Waals surface area contributed by atoms with Crippen LogP contribution in [0.25, 0.3) is 11.4 Å². The summed E-state index contributed by atoms with van der Waals surface area (Å²) < 4.78 is 7.46. The van der Waals surface area contributed by atoms with Crippen molar-refractivity contribution in [3.05, 3.63) is 58.6 Å². The summed E-state index contributed by atoms with van der Waals surface area (Å²) in [5, 5.41) is 20.5. The summed E-state index contributed by atoms with van der Waals surface area (Å²) >= 11 is 1.37. The maximum Gasteiger partial charge on any atom is 0.269 e. The van der Waals surface area contributed by atoms with Gasteiger partial charge in [-0.15, -0.1) is 10.2 Å². The largest absolute Gasteiger partial charge is 0.497 e. The highest BCUT2D eigenvalue weighted by molar-refractivity contribution is 7.99. The molecule has 0 N–H and O–H groups in total. The van der Waals surface area contributed by atoms with E-state index in [1.54, 1.807) is 26.3 Å². The first-order valence-electron chi connectivity index (χ1n) is 11.2. The van der Waals surface area contributed by atoms with Crippen LogP contribution in [-0.2, 0) is 4.79 Å². The minimum absolute atomic E-state index is 0.00869. The second kappa shape index (κ2) is 10.7. The number of non-ortho nitro benzene ring substituents is 1. The lowest BCUT2D eigenvalue weighted by atomic mass is 9.95. The molecule has 0 aliphatic heterocycles. The maximum absolute atomic E-state index is 12.9. The van der Waals surface area contributed by atoms with Crippen molar-refractivity contribution >= 4 is 29.0 Å². The quantitative estimate of drug-likeness (QED) is 0.250. The molecule has 0 radical (unpaired) electrons. The second-order valence-electron chi connectivity index (χ2n) is 8.21. The van der Waals surface area contributed by atoms with Gasteiger partial charge in [-0.05, 0) is 49.2 Å². The Morgan fingerprint density at radius 1 is 1.12 bits per heavy atom. The molecule has 0 spiro atoms. The highest BCUT2D eigenvalue weighted by Gasteiger charge is 2.25. The average molecular weight is 482 g/mol. The van der Waals surface area contributed by atoms with Crippen LogP contribution in [0.2, 0.25) is 0 Å². The first-order chi connectivity index (χ1) is 16.5. The van der Waals surface area contributed by atoms with E-state index >= 15 is 0 Å². The van der Waals surface area contributed by atoms with Crippen molar-refractivity contribution < 1.29 is 14.5 Å². The molecule has 3 aromatic rings. The fourth-order valence-corrected chi connectivity index (χ4v) is 5.07. The van der Waals surface area contributed by atoms with Gasteiger partial charge in [-0.2, -0.15) is 0 Å². The molecule has 1 aromatic heterocycles. The average Bonchev–Trinajstić information content (AvgIpc) is 3.31. The number of nitrogens with zero attached hydrogens (tertiary/aromatic N) is 5. The van der Waals surface area contributed by atoms with E-state index in [-0.39, 0.29) is 17.3 Å². The number of amides is 1. The van der Waals surface area contributed by atoms with E-state index in [2.05, 4.69) is 14.8 Å². The number of benzene rings is 2. The number of aromatic nitrogens is 3. The first kappa shape index (κ1) is 23.7. The van der Waals surface area contributed by atoms with Crippen LogP contribution < -0.4 is 9.64 Å². The normalized spacial score (nSPS) is 14.1. The molecule has 2 aromatic carbocycles. The number of ether oxygens (including phenoxy) is 1. The number of thioether (sulfide) groups is 1. The van der Waals surface area contributed by atoms with E-state index in [0.29, 0.717) is 11.7 Å². The van der Waals surface area contributed by atoms with Gasteiger partial charge in [0.25, 0.3) is 5.69 Å². The first-order valence-corrected chi connectivity index (χ1v) is 12.2. The summed E-state index contributed by atoms with van der Waals surface area (Å²) in [7, 11) is 3.30. The molecule has 0 unspecified atom stereocenters. The van der Waals surface area contributed by atoms with E-state index in [1.165, 1.54) is 35.2 Å². The van der Waals surface area contributed by atoms with Crippen molar-refractivity contribution in [1.82, 2.24) is 14.8 Å². The topological polar surface area (TPSA) is 103 Å². The number of hydrogen-bond donors (Lipinski definition) is 0. The van der Waals surface area contributed by atoms with Crippen LogP contribution in [0.4, 0.5) is 11.4 Å². The molecule has 178 valence electrons. The Morgan fingerprint density at radius 2 is 1.79 bits per heavy atom. The summed E-state index contributed by atoms with van der Waals surface area (Å²) in [5.41, 5.74) is 1.55. The van der Waals surface area contributed by atoms with Gasteiger partial charge in [-0.25, -0.2) is 0 Å². The summed E-state index contributed by atoms with van der Waals surface area (Å²) in [6.45, 7) is 0. The number of anilines is 1. The zero-order valence-corrected chi connectivity index (χ0v) is 20.0. The number of rotatable bonds is 8. The molecule has 10 heteroatoms. The number of nitro groups is 1. The van der Waals surface area contributed by atoms with Gasteiger partial charge in [0, 0.05) is 36.5 Å². The summed E-state index contributed by atoms with van der Waals surface area (Å²) in [6, 6.07) is 14.0. The van der Waals surface area contributed by atoms with Gasteiger partial charge in [-0.1, -0.05) is 31.0 Å². The highest BCUT2D eigenvalue weighted by atomic mass is 32.2. The number of carbonyl (C=O) groups excluding carboxylic acids is 1. The SMILES string of the molecule is COc1ccc(-c2nnc(SCC(=O)N(C)c3ccc([N+](=O)[O-])cc3)n2C2CCCCC2)cc1. The van der Waals surface area contributed by atoms with Crippen molar-refractivity contribution in [2.75, 3.05) is 24.8 Å². The lowest BCUT2D eigenvalue weighted by Gasteiger charge is -2.25. The van der Waals surface area contributed by atoms with Crippen LogP contribution in [0.3, 0.4) is 0 Å². The number of methoxy groups -OCH3 is 1. The molecular formula is C24H27N5O4S. The molecule has 1 amide bonds. The molecule has 4 rings (SSSR count). The van der Waals surface area contributed by atoms with Crippen LogP contribution in [0, 0.1) is 10.1 Å². The smallest absolute Gasteiger partial charge is 0.269 e. The van der Waals surface area contributed by atoms with Gasteiger partial charge in [0.1, 0.15) is 5.75 Å². The maximum atomic E-state index is 12.9. The van der Waals surface area contributed by atoms with Gasteiger partial charge in [0.05, 0.1) is 17.8 Å². The molecule has 1 aliphatic carbocycles. The Hall–Kier alpha value is -3.40. The molecule has 0 atom stereocenters. The molecule has 1 heterocycles. The van der Waals surface area contributed by atoms with Crippen LogP contribution in [-0.4, -0.2) is 45.5 Å². The zero-order valence-electron chi connectivity index (χ0n) is 19.2. The Morgan fingerprint density at radius 3 is 2.41 bits per heavy atom. The third-order valence-electron chi connectivity index (χ3n) is 6.10. The Balaban J connectivity index is 1.53. The molecular weight excluding hydrogens is 454 g/mol. The predicted molar refractivity (Wildman–Crippen MR) is 131 cm³/mol. The fraction of sp³-hybridized carbons (Fsp3) is 0.375. The van der Waals surface area contributed by atoms with Crippen LogP contribution in [0.15, 0.2) is 53.7 Å². The van der Waals surface area contributed by atoms with Gasteiger partial charge < -0.3 is 9.64 Å². The molecule has 1 saturated carbocycles. The third-order valence-corrected chi connectivity index (χ3v) is 7.03. The number of carbonyl (C=O) groups is 1. The van der Waals surface area contributed by atoms with Crippen molar-refractivity contribution in [3.63, 3.8) is 0 Å². The Bertz CT molecular complexity index is 1140. The molecule has 0 saturated heterocycles.